The lowest BCUT2D eigenvalue weighted by Gasteiger charge is -2.24. The van der Waals surface area contributed by atoms with Crippen molar-refractivity contribution in [2.45, 2.75) is 31.3 Å². The van der Waals surface area contributed by atoms with Crippen LogP contribution in [0.5, 0.6) is 5.75 Å². The number of nitrogens with zero attached hydrogens (tertiary/aromatic N) is 2. The Hall–Kier alpha value is -1.97. The molecule has 6 nitrogen and oxygen atoms in total. The van der Waals surface area contributed by atoms with E-state index in [1.807, 2.05) is 0 Å². The van der Waals surface area contributed by atoms with E-state index in [1.165, 1.54) is 18.2 Å². The number of aliphatic hydroxyl groups excluding tert-OH is 1. The number of nitrogens with two attached hydrogens (primary N) is 1. The van der Waals surface area contributed by atoms with Gasteiger partial charge in [0.05, 0.1) is 12.1 Å². The maximum Gasteiger partial charge on any atom is 0.434 e. The molecule has 4 radical (unpaired) electrons. The molecule has 0 bridgehead atoms. The molecule has 0 aliphatic rings. The molecule has 1 aromatic carbocycles. The standard InChI is InChI=1S/C15H16B2F3N3O3/c1-8(7-24)26-11-4-9(2-3-10(11)5-21)13-22-12(14(18,19)20)6-23(13)15(16,17)25/h2-4,6,8,24-25H,5,7,21H2,1H3. The van der Waals surface area contributed by atoms with Crippen LogP contribution in [0.1, 0.15) is 18.2 Å². The Bertz CT molecular complexity index is 776. The van der Waals surface area contributed by atoms with Crippen LogP contribution < -0.4 is 10.5 Å². The first-order valence-electron chi connectivity index (χ1n) is 7.55. The third-order valence-electron chi connectivity index (χ3n) is 3.51. The number of aromatic nitrogens is 2. The largest absolute Gasteiger partial charge is 0.488 e. The number of imidazole rings is 1. The summed E-state index contributed by atoms with van der Waals surface area (Å²) in [5.74, 6) is -0.0536. The average molecular weight is 365 g/mol. The monoisotopic (exact) mass is 365 g/mol. The van der Waals surface area contributed by atoms with Gasteiger partial charge >= 0.3 is 6.18 Å². The molecule has 4 N–H and O–H groups in total. The number of benzene rings is 1. The van der Waals surface area contributed by atoms with E-state index in [2.05, 4.69) is 4.98 Å². The zero-order chi connectivity index (χ0) is 19.7. The summed E-state index contributed by atoms with van der Waals surface area (Å²) < 4.78 is 45.1. The summed E-state index contributed by atoms with van der Waals surface area (Å²) in [4.78, 5) is 3.50. The molecule has 0 aliphatic carbocycles. The second-order valence-corrected chi connectivity index (χ2v) is 5.74. The summed E-state index contributed by atoms with van der Waals surface area (Å²) in [6.07, 6.45) is -4.81. The predicted molar refractivity (Wildman–Crippen MR) is 89.4 cm³/mol. The first-order chi connectivity index (χ1) is 12.0. The van der Waals surface area contributed by atoms with Gasteiger partial charge in [-0.2, -0.15) is 13.2 Å². The minimum atomic E-state index is -4.76. The molecule has 1 heterocycles. The van der Waals surface area contributed by atoms with Gasteiger partial charge in [0.15, 0.2) is 5.69 Å². The zero-order valence-corrected chi connectivity index (χ0v) is 13.9. The molecule has 26 heavy (non-hydrogen) atoms. The minimum Gasteiger partial charge on any atom is -0.488 e. The molecule has 136 valence electrons. The number of ether oxygens (including phenoxy) is 1. The van der Waals surface area contributed by atoms with Gasteiger partial charge in [0, 0.05) is 23.9 Å². The summed E-state index contributed by atoms with van der Waals surface area (Å²) in [6, 6.07) is 4.37. The van der Waals surface area contributed by atoms with E-state index in [9.17, 15) is 18.3 Å². The molecule has 0 saturated heterocycles. The first kappa shape index (κ1) is 20.3. The van der Waals surface area contributed by atoms with Crippen molar-refractivity contribution >= 4 is 15.7 Å². The van der Waals surface area contributed by atoms with E-state index >= 15 is 0 Å². The molecule has 1 aromatic heterocycles. The van der Waals surface area contributed by atoms with Crippen molar-refractivity contribution < 1.29 is 28.1 Å². The lowest BCUT2D eigenvalue weighted by Crippen LogP contribution is -2.34. The summed E-state index contributed by atoms with van der Waals surface area (Å²) in [6.45, 7) is 1.44. The first-order valence-corrected chi connectivity index (χ1v) is 7.55. The number of rotatable bonds is 6. The molecule has 11 heteroatoms. The van der Waals surface area contributed by atoms with E-state index < -0.39 is 23.5 Å². The molecule has 1 unspecified atom stereocenters. The van der Waals surface area contributed by atoms with Crippen molar-refractivity contribution in [3.63, 3.8) is 0 Å². The Kier molecular flexibility index (Phi) is 5.74. The normalized spacial score (nSPS) is 13.7. The van der Waals surface area contributed by atoms with E-state index in [4.69, 9.17) is 31.3 Å². The summed E-state index contributed by atoms with van der Waals surface area (Å²) in [5.41, 5.74) is 2.49. The highest BCUT2D eigenvalue weighted by Gasteiger charge is 2.36. The topological polar surface area (TPSA) is 93.5 Å². The van der Waals surface area contributed by atoms with Gasteiger partial charge in [0.1, 0.15) is 33.4 Å². The second-order valence-electron chi connectivity index (χ2n) is 5.74. The SMILES string of the molecule is [B]C([B])(O)n1cc(C(F)(F)F)nc1-c1ccc(CN)c(OC(C)CO)c1. The highest BCUT2D eigenvalue weighted by Crippen LogP contribution is 2.34. The molecule has 0 fully saturated rings. The highest BCUT2D eigenvalue weighted by atomic mass is 19.4. The van der Waals surface area contributed by atoms with E-state index in [-0.39, 0.29) is 30.3 Å². The van der Waals surface area contributed by atoms with Gasteiger partial charge in [0.2, 0.25) is 0 Å². The van der Waals surface area contributed by atoms with Crippen molar-refractivity contribution in [3.8, 4) is 17.1 Å². The van der Waals surface area contributed by atoms with E-state index in [0.717, 1.165) is 0 Å². The van der Waals surface area contributed by atoms with Crippen LogP contribution in [-0.4, -0.2) is 48.2 Å². The molecule has 2 aromatic rings. The quantitative estimate of drug-likeness (QED) is 0.655. The average Bonchev–Trinajstić information content (AvgIpc) is 3.00. The van der Waals surface area contributed by atoms with Gasteiger partial charge in [-0.25, -0.2) is 4.98 Å². The predicted octanol–water partition coefficient (Wildman–Crippen LogP) is 0.684. The van der Waals surface area contributed by atoms with Crippen LogP contribution in [0.25, 0.3) is 11.4 Å². The molecule has 1 atom stereocenters. The summed E-state index contributed by atoms with van der Waals surface area (Å²) in [5, 5.41) is 18.9. The molecular weight excluding hydrogens is 349 g/mol. The lowest BCUT2D eigenvalue weighted by atomic mass is 9.73. The van der Waals surface area contributed by atoms with Crippen molar-refractivity contribution in [1.29, 1.82) is 0 Å². The van der Waals surface area contributed by atoms with Gasteiger partial charge in [-0.1, -0.05) is 12.1 Å². The molecule has 0 aliphatic heterocycles. The van der Waals surface area contributed by atoms with E-state index in [1.54, 1.807) is 6.92 Å². The number of halogens is 3. The molecule has 0 amide bonds. The number of hydrogen-bond acceptors (Lipinski definition) is 5. The molecule has 0 saturated carbocycles. The second kappa shape index (κ2) is 7.34. The number of hydrogen-bond donors (Lipinski definition) is 3. The van der Waals surface area contributed by atoms with Gasteiger partial charge < -0.3 is 25.3 Å². The zero-order valence-electron chi connectivity index (χ0n) is 13.9. The van der Waals surface area contributed by atoms with Crippen LogP contribution >= 0.6 is 0 Å². The van der Waals surface area contributed by atoms with Crippen LogP contribution in [0.4, 0.5) is 13.2 Å². The maximum absolute atomic E-state index is 13.0. The Balaban J connectivity index is 2.60. The van der Waals surface area contributed by atoms with Crippen LogP contribution in [0.2, 0.25) is 0 Å². The van der Waals surface area contributed by atoms with Gasteiger partial charge in [0.25, 0.3) is 0 Å². The van der Waals surface area contributed by atoms with Crippen LogP contribution in [0, 0.1) is 0 Å². The maximum atomic E-state index is 13.0. The third kappa shape index (κ3) is 4.40. The van der Waals surface area contributed by atoms with Crippen molar-refractivity contribution in [1.82, 2.24) is 9.55 Å². The van der Waals surface area contributed by atoms with Gasteiger partial charge in [-0.3, -0.25) is 0 Å². The van der Waals surface area contributed by atoms with Crippen LogP contribution in [-0.2, 0) is 18.2 Å². The Morgan fingerprint density at radius 2 is 2.00 bits per heavy atom. The fraction of sp³-hybridized carbons (Fsp3) is 0.400. The van der Waals surface area contributed by atoms with Crippen molar-refractivity contribution in [2.24, 2.45) is 5.73 Å². The number of aliphatic hydroxyl groups is 2. The third-order valence-corrected chi connectivity index (χ3v) is 3.51. The van der Waals surface area contributed by atoms with E-state index in [0.29, 0.717) is 16.3 Å². The lowest BCUT2D eigenvalue weighted by molar-refractivity contribution is -0.141. The summed E-state index contributed by atoms with van der Waals surface area (Å²) in [7, 11) is 10.7. The Labute approximate surface area is 150 Å². The highest BCUT2D eigenvalue weighted by molar-refractivity contribution is 6.36. The molecule has 2 rings (SSSR count). The molecule has 0 spiro atoms. The van der Waals surface area contributed by atoms with Crippen LogP contribution in [0.15, 0.2) is 24.4 Å². The van der Waals surface area contributed by atoms with Crippen molar-refractivity contribution in [3.05, 3.63) is 35.7 Å². The van der Waals surface area contributed by atoms with Crippen LogP contribution in [0.3, 0.4) is 0 Å². The minimum absolute atomic E-state index is 0.105. The summed E-state index contributed by atoms with van der Waals surface area (Å²) >= 11 is 0. The Morgan fingerprint density at radius 3 is 2.50 bits per heavy atom. The molecular formula is C15H16B2F3N3O3. The fourth-order valence-electron chi connectivity index (χ4n) is 2.22. The van der Waals surface area contributed by atoms with Crippen molar-refractivity contribution in [2.75, 3.05) is 6.61 Å². The smallest absolute Gasteiger partial charge is 0.434 e. The Morgan fingerprint density at radius 1 is 1.35 bits per heavy atom. The number of alkyl halides is 3. The van der Waals surface area contributed by atoms with Gasteiger partial charge in [-0.05, 0) is 13.0 Å². The van der Waals surface area contributed by atoms with Gasteiger partial charge in [-0.15, -0.1) is 0 Å². The fourth-order valence-corrected chi connectivity index (χ4v) is 2.22.